The number of carbonyl (C=O) groups excluding carboxylic acids is 1. The van der Waals surface area contributed by atoms with Gasteiger partial charge in [0.2, 0.25) is 0 Å². The Morgan fingerprint density at radius 3 is 2.73 bits per heavy atom. The van der Waals surface area contributed by atoms with Crippen LogP contribution in [0.3, 0.4) is 0 Å². The van der Waals surface area contributed by atoms with Crippen molar-refractivity contribution in [2.75, 3.05) is 25.5 Å². The number of likely N-dealkylation sites (tertiary alicyclic amines) is 1. The van der Waals surface area contributed by atoms with Crippen LogP contribution >= 0.6 is 0 Å². The molecule has 1 amide bonds. The summed E-state index contributed by atoms with van der Waals surface area (Å²) in [5, 5.41) is 9.65. The molecule has 26 heavy (non-hydrogen) atoms. The predicted molar refractivity (Wildman–Crippen MR) is 106 cm³/mol. The first kappa shape index (κ1) is 18.3. The minimum absolute atomic E-state index is 0.134. The molecule has 4 nitrogen and oxygen atoms in total. The molecule has 1 heterocycles. The Morgan fingerprint density at radius 1 is 1.15 bits per heavy atom. The van der Waals surface area contributed by atoms with Gasteiger partial charge >= 0.3 is 0 Å². The van der Waals surface area contributed by atoms with E-state index in [4.69, 9.17) is 0 Å². The lowest BCUT2D eigenvalue weighted by molar-refractivity contribution is 0.0602. The Hall–Kier alpha value is -2.49. The Morgan fingerprint density at radius 2 is 1.96 bits per heavy atom. The van der Waals surface area contributed by atoms with Crippen LogP contribution in [0.2, 0.25) is 0 Å². The van der Waals surface area contributed by atoms with E-state index in [9.17, 15) is 9.90 Å². The van der Waals surface area contributed by atoms with Gasteiger partial charge in [0.15, 0.2) is 0 Å². The van der Waals surface area contributed by atoms with Crippen LogP contribution < -0.4 is 4.90 Å². The third-order valence-electron chi connectivity index (χ3n) is 5.18. The van der Waals surface area contributed by atoms with Gasteiger partial charge in [0.25, 0.3) is 5.91 Å². The van der Waals surface area contributed by atoms with E-state index in [-0.39, 0.29) is 11.9 Å². The predicted octanol–water partition coefficient (Wildman–Crippen LogP) is 4.09. The van der Waals surface area contributed by atoms with Gasteiger partial charge in [0.1, 0.15) is 5.75 Å². The summed E-state index contributed by atoms with van der Waals surface area (Å²) < 4.78 is 0. The number of benzene rings is 2. The van der Waals surface area contributed by atoms with Crippen molar-refractivity contribution in [3.63, 3.8) is 0 Å². The lowest BCUT2D eigenvalue weighted by Crippen LogP contribution is -2.44. The van der Waals surface area contributed by atoms with Crippen molar-refractivity contribution in [3.8, 4) is 5.75 Å². The van der Waals surface area contributed by atoms with Gasteiger partial charge in [-0.25, -0.2) is 0 Å². The number of hydrogen-bond acceptors (Lipinski definition) is 3. The van der Waals surface area contributed by atoms with E-state index in [0.717, 1.165) is 49.0 Å². The number of aryl methyl sites for hydroxylation is 1. The monoisotopic (exact) mass is 352 g/mol. The molecular weight excluding hydrogens is 324 g/mol. The average molecular weight is 352 g/mol. The standard InChI is InChI=1S/C22H28N2O2/c1-23(2)21-12-4-3-11-20(21)22(26)24-15-6-5-9-18(24)14-13-17-8-7-10-19(25)16-17/h3-4,7-8,10-12,16,18,25H,5-6,9,13-15H2,1-2H3/t18-/m1/s1. The topological polar surface area (TPSA) is 43.8 Å². The fraction of sp³-hybridized carbons (Fsp3) is 0.409. The SMILES string of the molecule is CN(C)c1ccccc1C(=O)N1CCCC[C@@H]1CCc1cccc(O)c1. The van der Waals surface area contributed by atoms with Gasteiger partial charge in [-0.2, -0.15) is 0 Å². The maximum atomic E-state index is 13.3. The minimum Gasteiger partial charge on any atom is -0.508 e. The smallest absolute Gasteiger partial charge is 0.256 e. The largest absolute Gasteiger partial charge is 0.508 e. The highest BCUT2D eigenvalue weighted by Crippen LogP contribution is 2.27. The molecular formula is C22H28N2O2. The van der Waals surface area contributed by atoms with Crippen molar-refractivity contribution in [3.05, 3.63) is 59.7 Å². The lowest BCUT2D eigenvalue weighted by Gasteiger charge is -2.36. The van der Waals surface area contributed by atoms with E-state index < -0.39 is 0 Å². The van der Waals surface area contributed by atoms with Crippen molar-refractivity contribution in [2.24, 2.45) is 0 Å². The van der Waals surface area contributed by atoms with E-state index in [1.807, 2.05) is 61.5 Å². The van der Waals surface area contributed by atoms with Gasteiger partial charge in [-0.3, -0.25) is 4.79 Å². The van der Waals surface area contributed by atoms with Crippen LogP contribution in [0.5, 0.6) is 5.75 Å². The molecule has 0 saturated carbocycles. The van der Waals surface area contributed by atoms with Crippen molar-refractivity contribution in [2.45, 2.75) is 38.1 Å². The Kier molecular flexibility index (Phi) is 5.82. The quantitative estimate of drug-likeness (QED) is 0.881. The Bertz CT molecular complexity index is 757. The van der Waals surface area contributed by atoms with Crippen LogP contribution in [-0.2, 0) is 6.42 Å². The first-order valence-corrected chi connectivity index (χ1v) is 9.41. The van der Waals surface area contributed by atoms with Gasteiger partial charge in [0, 0.05) is 32.4 Å². The summed E-state index contributed by atoms with van der Waals surface area (Å²) in [6, 6.07) is 15.5. The average Bonchev–Trinajstić information content (AvgIpc) is 2.66. The molecule has 1 aliphatic heterocycles. The molecule has 1 atom stereocenters. The molecule has 0 radical (unpaired) electrons. The third kappa shape index (κ3) is 4.18. The Balaban J connectivity index is 1.75. The van der Waals surface area contributed by atoms with E-state index in [0.29, 0.717) is 5.75 Å². The minimum atomic E-state index is 0.134. The summed E-state index contributed by atoms with van der Waals surface area (Å²) in [5.74, 6) is 0.439. The van der Waals surface area contributed by atoms with Crippen molar-refractivity contribution in [1.82, 2.24) is 4.90 Å². The molecule has 0 spiro atoms. The summed E-state index contributed by atoms with van der Waals surface area (Å²) in [7, 11) is 3.95. The van der Waals surface area contributed by atoms with Crippen LogP contribution in [0.25, 0.3) is 0 Å². The van der Waals surface area contributed by atoms with Gasteiger partial charge in [-0.1, -0.05) is 24.3 Å². The number of hydrogen-bond donors (Lipinski definition) is 1. The molecule has 4 heteroatoms. The second kappa shape index (κ2) is 8.26. The second-order valence-corrected chi connectivity index (χ2v) is 7.27. The zero-order chi connectivity index (χ0) is 18.5. The number of rotatable bonds is 5. The van der Waals surface area contributed by atoms with E-state index >= 15 is 0 Å². The zero-order valence-corrected chi connectivity index (χ0v) is 15.7. The summed E-state index contributed by atoms with van der Waals surface area (Å²) in [5.41, 5.74) is 2.87. The second-order valence-electron chi connectivity index (χ2n) is 7.27. The summed E-state index contributed by atoms with van der Waals surface area (Å²) in [6.07, 6.45) is 5.09. The first-order chi connectivity index (χ1) is 12.6. The molecule has 0 aromatic heterocycles. The molecule has 0 unspecified atom stereocenters. The number of phenolic OH excluding ortho intramolecular Hbond substituents is 1. The maximum absolute atomic E-state index is 13.3. The molecule has 1 N–H and O–H groups in total. The van der Waals surface area contributed by atoms with Gasteiger partial charge < -0.3 is 14.9 Å². The number of amides is 1. The third-order valence-corrected chi connectivity index (χ3v) is 5.18. The molecule has 1 saturated heterocycles. The summed E-state index contributed by atoms with van der Waals surface area (Å²) in [6.45, 7) is 0.825. The van der Waals surface area contributed by atoms with Gasteiger partial charge in [0.05, 0.1) is 5.56 Å². The number of aromatic hydroxyl groups is 1. The molecule has 1 fully saturated rings. The van der Waals surface area contributed by atoms with Crippen LogP contribution in [0, 0.1) is 0 Å². The molecule has 2 aromatic carbocycles. The van der Waals surface area contributed by atoms with E-state index in [1.165, 1.54) is 6.42 Å². The number of nitrogens with zero attached hydrogens (tertiary/aromatic N) is 2. The summed E-state index contributed by atoms with van der Waals surface area (Å²) >= 11 is 0. The highest BCUT2D eigenvalue weighted by Gasteiger charge is 2.28. The van der Waals surface area contributed by atoms with Crippen LogP contribution in [0.1, 0.15) is 41.6 Å². The van der Waals surface area contributed by atoms with Crippen LogP contribution in [-0.4, -0.2) is 42.6 Å². The highest BCUT2D eigenvalue weighted by molar-refractivity contribution is 6.00. The molecule has 2 aromatic rings. The fourth-order valence-corrected chi connectivity index (χ4v) is 3.81. The van der Waals surface area contributed by atoms with Crippen LogP contribution in [0.4, 0.5) is 5.69 Å². The number of para-hydroxylation sites is 1. The van der Waals surface area contributed by atoms with Gasteiger partial charge in [-0.05, 0) is 61.9 Å². The first-order valence-electron chi connectivity index (χ1n) is 9.41. The van der Waals surface area contributed by atoms with Crippen molar-refractivity contribution < 1.29 is 9.90 Å². The Labute approximate surface area is 156 Å². The van der Waals surface area contributed by atoms with Crippen LogP contribution in [0.15, 0.2) is 48.5 Å². The maximum Gasteiger partial charge on any atom is 0.256 e. The normalized spacial score (nSPS) is 17.2. The molecule has 1 aliphatic rings. The number of piperidine rings is 1. The number of carbonyl (C=O) groups is 1. The zero-order valence-electron chi connectivity index (χ0n) is 15.7. The molecule has 138 valence electrons. The van der Waals surface area contributed by atoms with E-state index in [1.54, 1.807) is 6.07 Å². The molecule has 3 rings (SSSR count). The number of anilines is 1. The lowest BCUT2D eigenvalue weighted by atomic mass is 9.94. The van der Waals surface area contributed by atoms with Gasteiger partial charge in [-0.15, -0.1) is 0 Å². The number of phenols is 1. The van der Waals surface area contributed by atoms with E-state index in [2.05, 4.69) is 4.90 Å². The van der Waals surface area contributed by atoms with Crippen molar-refractivity contribution >= 4 is 11.6 Å². The summed E-state index contributed by atoms with van der Waals surface area (Å²) in [4.78, 5) is 17.3. The molecule has 0 bridgehead atoms. The molecule has 0 aliphatic carbocycles. The highest BCUT2D eigenvalue weighted by atomic mass is 16.3. The fourth-order valence-electron chi connectivity index (χ4n) is 3.81. The van der Waals surface area contributed by atoms with Crippen molar-refractivity contribution in [1.29, 1.82) is 0 Å².